The first-order chi connectivity index (χ1) is 8.29. The number of rotatable bonds is 6. The number of hydrogen-bond donors (Lipinski definition) is 2. The number of benzene rings is 1. The van der Waals surface area contributed by atoms with Gasteiger partial charge in [0.15, 0.2) is 0 Å². The van der Waals surface area contributed by atoms with Crippen LogP contribution in [0.5, 0.6) is 5.75 Å². The van der Waals surface area contributed by atoms with E-state index < -0.39 is 6.10 Å². The Morgan fingerprint density at radius 3 is 2.59 bits per heavy atom. The van der Waals surface area contributed by atoms with Crippen LogP contribution in [0.15, 0.2) is 24.3 Å². The predicted molar refractivity (Wildman–Crippen MR) is 68.2 cm³/mol. The maximum absolute atomic E-state index is 9.98. The van der Waals surface area contributed by atoms with E-state index in [1.165, 1.54) is 19.3 Å². The number of methoxy groups -OCH3 is 1. The highest BCUT2D eigenvalue weighted by molar-refractivity contribution is 5.28. The molecule has 0 amide bonds. The molecule has 1 atom stereocenters. The molecule has 0 aromatic heterocycles. The maximum atomic E-state index is 9.98. The highest BCUT2D eigenvalue weighted by atomic mass is 16.5. The van der Waals surface area contributed by atoms with Gasteiger partial charge in [0, 0.05) is 6.54 Å². The van der Waals surface area contributed by atoms with E-state index in [2.05, 4.69) is 5.32 Å². The van der Waals surface area contributed by atoms with E-state index in [0.717, 1.165) is 23.8 Å². The molecule has 3 nitrogen and oxygen atoms in total. The van der Waals surface area contributed by atoms with Crippen molar-refractivity contribution in [1.29, 1.82) is 0 Å². The van der Waals surface area contributed by atoms with Crippen molar-refractivity contribution in [3.05, 3.63) is 29.8 Å². The molecule has 1 aromatic carbocycles. The van der Waals surface area contributed by atoms with Crippen LogP contribution >= 0.6 is 0 Å². The first-order valence-corrected chi connectivity index (χ1v) is 6.32. The van der Waals surface area contributed by atoms with Gasteiger partial charge in [-0.2, -0.15) is 0 Å². The smallest absolute Gasteiger partial charge is 0.118 e. The van der Waals surface area contributed by atoms with Crippen molar-refractivity contribution in [3.63, 3.8) is 0 Å². The third-order valence-corrected chi connectivity index (χ3v) is 3.50. The molecule has 0 saturated heterocycles. The molecule has 2 N–H and O–H groups in total. The molecule has 1 unspecified atom stereocenters. The van der Waals surface area contributed by atoms with Gasteiger partial charge in [0.05, 0.1) is 13.2 Å². The summed E-state index contributed by atoms with van der Waals surface area (Å²) in [5.41, 5.74) is 0.937. The molecule has 2 rings (SSSR count). The van der Waals surface area contributed by atoms with Crippen LogP contribution in [0.2, 0.25) is 0 Å². The van der Waals surface area contributed by atoms with Gasteiger partial charge in [-0.15, -0.1) is 0 Å². The van der Waals surface area contributed by atoms with Gasteiger partial charge < -0.3 is 15.2 Å². The Bertz CT molecular complexity index is 333. The summed E-state index contributed by atoms with van der Waals surface area (Å²) in [6.07, 6.45) is 3.62. The summed E-state index contributed by atoms with van der Waals surface area (Å²) in [6, 6.07) is 7.58. The number of nitrogens with one attached hydrogen (secondary N) is 1. The Kier molecular flexibility index (Phi) is 4.40. The molecule has 1 saturated carbocycles. The molecule has 1 aliphatic carbocycles. The Morgan fingerprint density at radius 1 is 1.35 bits per heavy atom. The number of aliphatic hydroxyl groups is 1. The zero-order valence-corrected chi connectivity index (χ0v) is 10.4. The van der Waals surface area contributed by atoms with Crippen molar-refractivity contribution >= 4 is 0 Å². The minimum absolute atomic E-state index is 0.430. The second-order valence-electron chi connectivity index (χ2n) is 4.74. The molecule has 1 fully saturated rings. The highest BCUT2D eigenvalue weighted by Gasteiger charge is 2.17. The third kappa shape index (κ3) is 3.45. The van der Waals surface area contributed by atoms with Gasteiger partial charge in [0.1, 0.15) is 5.75 Å². The molecule has 1 aliphatic rings. The lowest BCUT2D eigenvalue weighted by molar-refractivity contribution is 0.168. The van der Waals surface area contributed by atoms with E-state index in [0.29, 0.717) is 6.54 Å². The van der Waals surface area contributed by atoms with E-state index >= 15 is 0 Å². The lowest BCUT2D eigenvalue weighted by atomic mass is 9.85. The summed E-state index contributed by atoms with van der Waals surface area (Å²) < 4.78 is 5.09. The fourth-order valence-corrected chi connectivity index (χ4v) is 2.07. The zero-order chi connectivity index (χ0) is 12.1. The van der Waals surface area contributed by atoms with Crippen LogP contribution in [-0.2, 0) is 0 Å². The van der Waals surface area contributed by atoms with Crippen molar-refractivity contribution in [2.24, 2.45) is 5.92 Å². The zero-order valence-electron chi connectivity index (χ0n) is 10.4. The number of ether oxygens (including phenoxy) is 1. The van der Waals surface area contributed by atoms with Gasteiger partial charge in [-0.3, -0.25) is 0 Å². The second-order valence-corrected chi connectivity index (χ2v) is 4.74. The second kappa shape index (κ2) is 6.03. The third-order valence-electron chi connectivity index (χ3n) is 3.50. The molecule has 94 valence electrons. The lowest BCUT2D eigenvalue weighted by Crippen LogP contribution is -2.30. The van der Waals surface area contributed by atoms with Crippen LogP contribution in [0.1, 0.15) is 30.9 Å². The van der Waals surface area contributed by atoms with Gasteiger partial charge in [-0.1, -0.05) is 18.6 Å². The fourth-order valence-electron chi connectivity index (χ4n) is 2.07. The van der Waals surface area contributed by atoms with Crippen LogP contribution in [-0.4, -0.2) is 25.3 Å². The molecule has 0 heterocycles. The maximum Gasteiger partial charge on any atom is 0.118 e. The molecular formula is C14H21NO2. The number of hydrogen-bond acceptors (Lipinski definition) is 3. The quantitative estimate of drug-likeness (QED) is 0.793. The standard InChI is InChI=1S/C14H21NO2/c1-17-13-7-5-12(6-8-13)14(16)10-15-9-11-3-2-4-11/h5-8,11,14-16H,2-4,9-10H2,1H3. The Hall–Kier alpha value is -1.06. The molecular weight excluding hydrogens is 214 g/mol. The van der Waals surface area contributed by atoms with E-state index in [1.807, 2.05) is 24.3 Å². The number of aliphatic hydroxyl groups excluding tert-OH is 1. The normalized spacial score (nSPS) is 17.5. The molecule has 0 spiro atoms. The van der Waals surface area contributed by atoms with Crippen LogP contribution in [0, 0.1) is 5.92 Å². The molecule has 0 bridgehead atoms. The van der Waals surface area contributed by atoms with Crippen LogP contribution in [0.4, 0.5) is 0 Å². The molecule has 0 radical (unpaired) electrons. The monoisotopic (exact) mass is 235 g/mol. The van der Waals surface area contributed by atoms with Crippen LogP contribution in [0.25, 0.3) is 0 Å². The van der Waals surface area contributed by atoms with Crippen molar-refractivity contribution in [2.75, 3.05) is 20.2 Å². The van der Waals surface area contributed by atoms with E-state index in [1.54, 1.807) is 7.11 Å². The Balaban J connectivity index is 1.75. The first kappa shape index (κ1) is 12.4. The summed E-state index contributed by atoms with van der Waals surface area (Å²) >= 11 is 0. The fraction of sp³-hybridized carbons (Fsp3) is 0.571. The summed E-state index contributed by atoms with van der Waals surface area (Å²) in [5.74, 6) is 1.65. The average molecular weight is 235 g/mol. The van der Waals surface area contributed by atoms with E-state index in [-0.39, 0.29) is 0 Å². The lowest BCUT2D eigenvalue weighted by Gasteiger charge is -2.26. The van der Waals surface area contributed by atoms with Crippen molar-refractivity contribution in [1.82, 2.24) is 5.32 Å². The van der Waals surface area contributed by atoms with Gasteiger partial charge in [-0.05, 0) is 43.0 Å². The van der Waals surface area contributed by atoms with Gasteiger partial charge in [-0.25, -0.2) is 0 Å². The molecule has 3 heteroatoms. The first-order valence-electron chi connectivity index (χ1n) is 6.32. The van der Waals surface area contributed by atoms with E-state index in [9.17, 15) is 5.11 Å². The van der Waals surface area contributed by atoms with Crippen molar-refractivity contribution in [2.45, 2.75) is 25.4 Å². The Labute approximate surface area is 103 Å². The molecule has 0 aliphatic heterocycles. The summed E-state index contributed by atoms with van der Waals surface area (Å²) in [6.45, 7) is 1.66. The molecule has 1 aromatic rings. The minimum atomic E-state index is -0.430. The average Bonchev–Trinajstić information content (AvgIpc) is 2.32. The molecule has 17 heavy (non-hydrogen) atoms. The van der Waals surface area contributed by atoms with Crippen LogP contribution < -0.4 is 10.1 Å². The van der Waals surface area contributed by atoms with E-state index in [4.69, 9.17) is 4.74 Å². The van der Waals surface area contributed by atoms with Crippen LogP contribution in [0.3, 0.4) is 0 Å². The van der Waals surface area contributed by atoms with Gasteiger partial charge >= 0.3 is 0 Å². The summed E-state index contributed by atoms with van der Waals surface area (Å²) in [7, 11) is 1.64. The minimum Gasteiger partial charge on any atom is -0.497 e. The van der Waals surface area contributed by atoms with Gasteiger partial charge in [0.25, 0.3) is 0 Å². The van der Waals surface area contributed by atoms with Crippen molar-refractivity contribution in [3.8, 4) is 5.75 Å². The predicted octanol–water partition coefficient (Wildman–Crippen LogP) is 2.12. The summed E-state index contributed by atoms with van der Waals surface area (Å²) in [5, 5.41) is 13.3. The van der Waals surface area contributed by atoms with Crippen molar-refractivity contribution < 1.29 is 9.84 Å². The Morgan fingerprint density at radius 2 is 2.06 bits per heavy atom. The van der Waals surface area contributed by atoms with Gasteiger partial charge in [0.2, 0.25) is 0 Å². The highest BCUT2D eigenvalue weighted by Crippen LogP contribution is 2.25. The SMILES string of the molecule is COc1ccc(C(O)CNCC2CCC2)cc1. The summed E-state index contributed by atoms with van der Waals surface area (Å²) in [4.78, 5) is 0. The topological polar surface area (TPSA) is 41.5 Å². The largest absolute Gasteiger partial charge is 0.497 e.